The van der Waals surface area contributed by atoms with Gasteiger partial charge in [0.25, 0.3) is 12.3 Å². The predicted octanol–water partition coefficient (Wildman–Crippen LogP) is 1.11. The van der Waals surface area contributed by atoms with Gasteiger partial charge in [0.1, 0.15) is 12.5 Å². The molecule has 0 saturated carbocycles. The number of aryl methyl sites for hydroxylation is 2. The summed E-state index contributed by atoms with van der Waals surface area (Å²) in [6.07, 6.45) is -1.41. The molecule has 2 saturated heterocycles. The number of halogens is 2. The fraction of sp³-hybridized carbons (Fsp3) is 0.500. The average molecular weight is 379 g/mol. The van der Waals surface area contributed by atoms with Crippen molar-refractivity contribution >= 4 is 11.6 Å². The number of anilines is 1. The number of carbonyl (C=O) groups is 1. The summed E-state index contributed by atoms with van der Waals surface area (Å²) in [7, 11) is 0. The third-order valence-electron chi connectivity index (χ3n) is 5.12. The predicted molar refractivity (Wildman–Crippen MR) is 95.8 cm³/mol. The number of rotatable bonds is 3. The molecular formula is C18H23F2N5O2. The number of carbonyl (C=O) groups excluding carboxylic acids is 1. The van der Waals surface area contributed by atoms with Crippen LogP contribution in [0.4, 0.5) is 14.5 Å². The molecule has 1 amide bonds. The lowest BCUT2D eigenvalue weighted by molar-refractivity contribution is -0.123. The number of morpholine rings is 1. The van der Waals surface area contributed by atoms with E-state index in [-0.39, 0.29) is 23.9 Å². The summed E-state index contributed by atoms with van der Waals surface area (Å²) in [4.78, 5) is 14.7. The van der Waals surface area contributed by atoms with E-state index in [0.29, 0.717) is 18.8 Å². The van der Waals surface area contributed by atoms with Crippen LogP contribution in [0.2, 0.25) is 0 Å². The SMILES string of the molecule is Cc1cc(C(F)F)cc(C)c1N1C=C2C(=O)NC(N3CCOCC3)NC2N1. The summed E-state index contributed by atoms with van der Waals surface area (Å²) in [6, 6.07) is 2.97. The first-order valence-electron chi connectivity index (χ1n) is 8.99. The lowest BCUT2D eigenvalue weighted by Gasteiger charge is -2.40. The molecule has 3 N–H and O–H groups in total. The van der Waals surface area contributed by atoms with Gasteiger partial charge < -0.3 is 10.1 Å². The molecule has 0 aromatic heterocycles. The van der Waals surface area contributed by atoms with Crippen LogP contribution in [-0.4, -0.2) is 49.6 Å². The van der Waals surface area contributed by atoms with Gasteiger partial charge in [0.05, 0.1) is 24.5 Å². The van der Waals surface area contributed by atoms with Gasteiger partial charge in [-0.2, -0.15) is 0 Å². The summed E-state index contributed by atoms with van der Waals surface area (Å²) in [5, 5.41) is 8.09. The van der Waals surface area contributed by atoms with Crippen molar-refractivity contribution in [3.63, 3.8) is 0 Å². The number of hydrogen-bond acceptors (Lipinski definition) is 6. The van der Waals surface area contributed by atoms with Gasteiger partial charge in [-0.25, -0.2) is 14.2 Å². The Balaban J connectivity index is 1.55. The fourth-order valence-electron chi connectivity index (χ4n) is 3.84. The molecule has 0 bridgehead atoms. The van der Waals surface area contributed by atoms with Crippen molar-refractivity contribution in [2.75, 3.05) is 31.3 Å². The first-order chi connectivity index (χ1) is 12.9. The van der Waals surface area contributed by atoms with Crippen LogP contribution >= 0.6 is 0 Å². The van der Waals surface area contributed by atoms with Crippen LogP contribution < -0.4 is 21.1 Å². The Morgan fingerprint density at radius 2 is 1.85 bits per heavy atom. The van der Waals surface area contributed by atoms with Crippen molar-refractivity contribution in [3.8, 4) is 0 Å². The molecule has 0 spiro atoms. The van der Waals surface area contributed by atoms with Gasteiger partial charge in [-0.05, 0) is 37.1 Å². The van der Waals surface area contributed by atoms with Crippen molar-refractivity contribution in [1.82, 2.24) is 21.0 Å². The molecule has 3 aliphatic heterocycles. The molecule has 1 aromatic carbocycles. The molecule has 3 heterocycles. The molecule has 0 radical (unpaired) electrons. The number of nitrogens with one attached hydrogen (secondary N) is 3. The number of nitrogens with zero attached hydrogens (tertiary/aromatic N) is 2. The standard InChI is InChI=1S/C18H23F2N5O2/c1-10-7-12(15(19)20)8-11(2)14(10)25-9-13-16(23-25)21-18(22-17(13)26)24-3-5-27-6-4-24/h7-9,15-16,18,21,23H,3-6H2,1-2H3,(H,22,26). The van der Waals surface area contributed by atoms with E-state index in [1.54, 1.807) is 25.1 Å². The molecule has 7 nitrogen and oxygen atoms in total. The van der Waals surface area contributed by atoms with Gasteiger partial charge in [0.2, 0.25) is 0 Å². The molecular weight excluding hydrogens is 356 g/mol. The van der Waals surface area contributed by atoms with Crippen LogP contribution in [0.5, 0.6) is 0 Å². The molecule has 2 atom stereocenters. The van der Waals surface area contributed by atoms with Gasteiger partial charge in [-0.1, -0.05) is 0 Å². The topological polar surface area (TPSA) is 68.9 Å². The minimum Gasteiger partial charge on any atom is -0.379 e. The smallest absolute Gasteiger partial charge is 0.263 e. The minimum absolute atomic E-state index is 0.00117. The van der Waals surface area contributed by atoms with E-state index in [1.807, 2.05) is 0 Å². The molecule has 1 aromatic rings. The molecule has 27 heavy (non-hydrogen) atoms. The molecule has 146 valence electrons. The highest BCUT2D eigenvalue weighted by Gasteiger charge is 2.39. The largest absolute Gasteiger partial charge is 0.379 e. The number of benzene rings is 1. The zero-order chi connectivity index (χ0) is 19.1. The Hall–Kier alpha value is -2.07. The van der Waals surface area contributed by atoms with Crippen molar-refractivity contribution in [1.29, 1.82) is 0 Å². The Kier molecular flexibility index (Phi) is 4.85. The number of amides is 1. The summed E-state index contributed by atoms with van der Waals surface area (Å²) in [6.45, 7) is 6.33. The molecule has 2 unspecified atom stereocenters. The van der Waals surface area contributed by atoms with Crippen LogP contribution in [-0.2, 0) is 9.53 Å². The highest BCUT2D eigenvalue weighted by Crippen LogP contribution is 2.32. The van der Waals surface area contributed by atoms with Crippen molar-refractivity contribution in [3.05, 3.63) is 40.6 Å². The first-order valence-corrected chi connectivity index (χ1v) is 8.99. The summed E-state index contributed by atoms with van der Waals surface area (Å²) in [5.41, 5.74) is 6.05. The Labute approximate surface area is 156 Å². The fourth-order valence-corrected chi connectivity index (χ4v) is 3.84. The highest BCUT2D eigenvalue weighted by molar-refractivity contribution is 5.97. The van der Waals surface area contributed by atoms with Crippen molar-refractivity contribution in [2.45, 2.75) is 32.7 Å². The van der Waals surface area contributed by atoms with Crippen molar-refractivity contribution < 1.29 is 18.3 Å². The second-order valence-corrected chi connectivity index (χ2v) is 7.01. The zero-order valence-electron chi connectivity index (χ0n) is 15.3. The van der Waals surface area contributed by atoms with Gasteiger partial charge in [0.15, 0.2) is 0 Å². The maximum atomic E-state index is 13.0. The van der Waals surface area contributed by atoms with Crippen LogP contribution in [0.15, 0.2) is 23.9 Å². The Bertz CT molecular complexity index is 756. The maximum absolute atomic E-state index is 13.0. The van der Waals surface area contributed by atoms with Gasteiger partial charge >= 0.3 is 0 Å². The molecule has 9 heteroatoms. The van der Waals surface area contributed by atoms with E-state index >= 15 is 0 Å². The van der Waals surface area contributed by atoms with Crippen LogP contribution in [0.1, 0.15) is 23.1 Å². The molecule has 3 aliphatic rings. The number of fused-ring (bicyclic) bond motifs is 1. The Morgan fingerprint density at radius 1 is 1.19 bits per heavy atom. The molecule has 2 fully saturated rings. The Morgan fingerprint density at radius 3 is 2.48 bits per heavy atom. The van der Waals surface area contributed by atoms with E-state index in [2.05, 4.69) is 21.0 Å². The van der Waals surface area contributed by atoms with Crippen LogP contribution in [0.3, 0.4) is 0 Å². The van der Waals surface area contributed by atoms with E-state index in [9.17, 15) is 13.6 Å². The lowest BCUT2D eigenvalue weighted by Crippen LogP contribution is -2.68. The first kappa shape index (κ1) is 18.3. The number of hydrazine groups is 1. The lowest BCUT2D eigenvalue weighted by atomic mass is 10.0. The van der Waals surface area contributed by atoms with Gasteiger partial charge in [0, 0.05) is 24.9 Å². The van der Waals surface area contributed by atoms with Gasteiger partial charge in [-0.3, -0.25) is 20.0 Å². The van der Waals surface area contributed by atoms with Crippen LogP contribution in [0.25, 0.3) is 0 Å². The minimum atomic E-state index is -2.51. The third kappa shape index (κ3) is 3.43. The molecule has 4 rings (SSSR count). The van der Waals surface area contributed by atoms with Crippen LogP contribution in [0, 0.1) is 13.8 Å². The zero-order valence-corrected chi connectivity index (χ0v) is 15.3. The summed E-state index contributed by atoms with van der Waals surface area (Å²) in [5.74, 6) is -0.148. The number of alkyl halides is 2. The number of hydrogen-bond donors (Lipinski definition) is 3. The maximum Gasteiger partial charge on any atom is 0.263 e. The summed E-state index contributed by atoms with van der Waals surface area (Å²) >= 11 is 0. The normalized spacial score (nSPS) is 26.2. The quantitative estimate of drug-likeness (QED) is 0.731. The molecule has 0 aliphatic carbocycles. The van der Waals surface area contributed by atoms with E-state index in [4.69, 9.17) is 4.74 Å². The monoisotopic (exact) mass is 379 g/mol. The third-order valence-corrected chi connectivity index (χ3v) is 5.12. The average Bonchev–Trinajstić information content (AvgIpc) is 3.06. The second-order valence-electron chi connectivity index (χ2n) is 7.01. The summed E-state index contributed by atoms with van der Waals surface area (Å²) < 4.78 is 31.4. The van der Waals surface area contributed by atoms with E-state index in [1.165, 1.54) is 12.1 Å². The van der Waals surface area contributed by atoms with Gasteiger partial charge in [-0.15, -0.1) is 0 Å². The second kappa shape index (κ2) is 7.16. The van der Waals surface area contributed by atoms with E-state index < -0.39 is 6.43 Å². The highest BCUT2D eigenvalue weighted by atomic mass is 19.3. The van der Waals surface area contributed by atoms with Crippen molar-refractivity contribution in [2.24, 2.45) is 0 Å². The van der Waals surface area contributed by atoms with E-state index in [0.717, 1.165) is 29.9 Å². The number of ether oxygens (including phenoxy) is 1.